The van der Waals surface area contributed by atoms with E-state index < -0.39 is 12.0 Å². The van der Waals surface area contributed by atoms with E-state index in [9.17, 15) is 15.1 Å². The summed E-state index contributed by atoms with van der Waals surface area (Å²) in [6.07, 6.45) is 0. The van der Waals surface area contributed by atoms with Gasteiger partial charge in [-0.3, -0.25) is 10.1 Å². The lowest BCUT2D eigenvalue weighted by Crippen LogP contribution is -2.27. The van der Waals surface area contributed by atoms with Crippen LogP contribution in [0.3, 0.4) is 0 Å². The highest BCUT2D eigenvalue weighted by Crippen LogP contribution is 2.25. The van der Waals surface area contributed by atoms with E-state index in [1.54, 1.807) is 30.3 Å². The molecule has 0 amide bonds. The van der Waals surface area contributed by atoms with Gasteiger partial charge in [0, 0.05) is 6.07 Å². The highest BCUT2D eigenvalue weighted by molar-refractivity contribution is 6.61. The quantitative estimate of drug-likeness (QED) is 0.521. The van der Waals surface area contributed by atoms with Gasteiger partial charge in [0.05, 0.1) is 17.6 Å². The molecule has 1 N–H and O–H groups in total. The number of rotatable bonds is 3. The van der Waals surface area contributed by atoms with E-state index in [1.165, 1.54) is 12.1 Å². The molecule has 0 radical (unpaired) electrons. The van der Waals surface area contributed by atoms with Crippen LogP contribution in [0.1, 0.15) is 5.56 Å². The zero-order valence-corrected chi connectivity index (χ0v) is 10.4. The molecule has 2 aromatic carbocycles. The Balaban J connectivity index is 1.86. The third-order valence-electron chi connectivity index (χ3n) is 3.04. The summed E-state index contributed by atoms with van der Waals surface area (Å²) in [4.78, 5) is 10.2. The van der Waals surface area contributed by atoms with Crippen LogP contribution in [0.15, 0.2) is 42.5 Å². The Morgan fingerprint density at radius 2 is 2.05 bits per heavy atom. The fourth-order valence-electron chi connectivity index (χ4n) is 2.05. The third kappa shape index (κ3) is 2.36. The van der Waals surface area contributed by atoms with Crippen LogP contribution >= 0.6 is 0 Å². The van der Waals surface area contributed by atoms with Gasteiger partial charge in [-0.2, -0.15) is 0 Å². The molecule has 20 heavy (non-hydrogen) atoms. The van der Waals surface area contributed by atoms with Gasteiger partial charge >= 0.3 is 7.12 Å². The number of ether oxygens (including phenoxy) is 1. The second-order valence-corrected chi connectivity index (χ2v) is 4.38. The second-order valence-electron chi connectivity index (χ2n) is 4.38. The number of nitro groups is 1. The average Bonchev–Trinajstić information content (AvgIpc) is 2.81. The Bertz CT molecular complexity index is 676. The van der Waals surface area contributed by atoms with Crippen molar-refractivity contribution in [1.29, 1.82) is 0 Å². The van der Waals surface area contributed by atoms with Crippen molar-refractivity contribution in [3.05, 3.63) is 58.1 Å². The first-order chi connectivity index (χ1) is 9.63. The fourth-order valence-corrected chi connectivity index (χ4v) is 2.05. The summed E-state index contributed by atoms with van der Waals surface area (Å²) in [6, 6.07) is 11.1. The molecular formula is C13H10BNO5. The molecule has 0 aromatic heterocycles. The Kier molecular flexibility index (Phi) is 3.13. The number of non-ortho nitro benzene ring substituents is 1. The van der Waals surface area contributed by atoms with Crippen molar-refractivity contribution in [2.24, 2.45) is 0 Å². The summed E-state index contributed by atoms with van der Waals surface area (Å²) in [5, 5.41) is 20.3. The SMILES string of the molecule is O=[N+]([O-])c1cccc(Oc2ccc3c(c2)B(O)OC3)c1. The van der Waals surface area contributed by atoms with E-state index >= 15 is 0 Å². The zero-order chi connectivity index (χ0) is 14.1. The van der Waals surface area contributed by atoms with Crippen LogP contribution in [0.5, 0.6) is 11.5 Å². The molecule has 0 saturated carbocycles. The molecule has 1 aliphatic heterocycles. The number of nitro benzene ring substituents is 1. The molecule has 0 spiro atoms. The van der Waals surface area contributed by atoms with Gasteiger partial charge < -0.3 is 14.4 Å². The first kappa shape index (κ1) is 12.6. The summed E-state index contributed by atoms with van der Waals surface area (Å²) in [5.74, 6) is 0.862. The molecule has 3 rings (SSSR count). The topological polar surface area (TPSA) is 81.8 Å². The summed E-state index contributed by atoms with van der Waals surface area (Å²) in [5.41, 5.74) is 1.53. The van der Waals surface area contributed by atoms with Crippen LogP contribution < -0.4 is 10.2 Å². The molecule has 2 aromatic rings. The van der Waals surface area contributed by atoms with Crippen LogP contribution in [0.4, 0.5) is 5.69 Å². The minimum Gasteiger partial charge on any atom is -0.457 e. The largest absolute Gasteiger partial charge is 0.491 e. The van der Waals surface area contributed by atoms with Crippen molar-refractivity contribution in [3.8, 4) is 11.5 Å². The minimum absolute atomic E-state index is 0.0352. The summed E-state index contributed by atoms with van der Waals surface area (Å²) in [6.45, 7) is 0.369. The molecule has 0 bridgehead atoms. The average molecular weight is 271 g/mol. The lowest BCUT2D eigenvalue weighted by Gasteiger charge is -2.07. The van der Waals surface area contributed by atoms with E-state index in [1.807, 2.05) is 0 Å². The van der Waals surface area contributed by atoms with E-state index in [-0.39, 0.29) is 5.69 Å². The van der Waals surface area contributed by atoms with Gasteiger partial charge in [-0.15, -0.1) is 0 Å². The molecule has 1 aliphatic rings. The van der Waals surface area contributed by atoms with E-state index in [4.69, 9.17) is 9.39 Å². The summed E-state index contributed by atoms with van der Waals surface area (Å²) >= 11 is 0. The van der Waals surface area contributed by atoms with Gasteiger partial charge in [0.2, 0.25) is 0 Å². The lowest BCUT2D eigenvalue weighted by molar-refractivity contribution is -0.384. The Morgan fingerprint density at radius 3 is 2.85 bits per heavy atom. The Hall–Kier alpha value is -2.38. The van der Waals surface area contributed by atoms with Gasteiger partial charge in [0.25, 0.3) is 5.69 Å². The fraction of sp³-hybridized carbons (Fsp3) is 0.0769. The normalized spacial score (nSPS) is 13.2. The summed E-state index contributed by atoms with van der Waals surface area (Å²) in [7, 11) is -0.946. The van der Waals surface area contributed by atoms with Crippen LogP contribution in [0, 0.1) is 10.1 Å². The predicted molar refractivity (Wildman–Crippen MR) is 72.0 cm³/mol. The highest BCUT2D eigenvalue weighted by Gasteiger charge is 2.27. The number of hydrogen-bond donors (Lipinski definition) is 1. The highest BCUT2D eigenvalue weighted by atomic mass is 16.6. The van der Waals surface area contributed by atoms with Gasteiger partial charge in [-0.1, -0.05) is 12.1 Å². The van der Waals surface area contributed by atoms with Crippen molar-refractivity contribution in [1.82, 2.24) is 0 Å². The van der Waals surface area contributed by atoms with Crippen LogP contribution in [0.25, 0.3) is 0 Å². The van der Waals surface area contributed by atoms with Crippen molar-refractivity contribution in [2.45, 2.75) is 6.61 Å². The van der Waals surface area contributed by atoms with Crippen LogP contribution in [-0.4, -0.2) is 17.1 Å². The molecular weight excluding hydrogens is 261 g/mol. The van der Waals surface area contributed by atoms with E-state index in [0.29, 0.717) is 23.6 Å². The monoisotopic (exact) mass is 271 g/mol. The van der Waals surface area contributed by atoms with E-state index in [0.717, 1.165) is 5.56 Å². The zero-order valence-electron chi connectivity index (χ0n) is 10.4. The van der Waals surface area contributed by atoms with Gasteiger partial charge in [0.1, 0.15) is 11.5 Å². The summed E-state index contributed by atoms with van der Waals surface area (Å²) < 4.78 is 10.7. The maximum absolute atomic E-state index is 10.7. The standard InChI is InChI=1S/C13H10BNO5/c16-14-13-7-12(5-4-9(13)8-19-14)20-11-3-1-2-10(6-11)15(17)18/h1-7,16H,8H2. The van der Waals surface area contributed by atoms with Crippen molar-refractivity contribution in [3.63, 3.8) is 0 Å². The molecule has 0 aliphatic carbocycles. The molecule has 0 saturated heterocycles. The second kappa shape index (κ2) is 4.95. The number of nitrogens with zero attached hydrogens (tertiary/aromatic N) is 1. The number of hydrogen-bond acceptors (Lipinski definition) is 5. The molecule has 0 fully saturated rings. The molecule has 0 unspecified atom stereocenters. The molecule has 7 heteroatoms. The number of fused-ring (bicyclic) bond motifs is 1. The molecule has 6 nitrogen and oxygen atoms in total. The predicted octanol–water partition coefficient (Wildman–Crippen LogP) is 1.60. The van der Waals surface area contributed by atoms with Crippen LogP contribution in [0.2, 0.25) is 0 Å². The Labute approximate surface area is 114 Å². The maximum atomic E-state index is 10.7. The van der Waals surface area contributed by atoms with Gasteiger partial charge in [-0.05, 0) is 29.2 Å². The molecule has 100 valence electrons. The maximum Gasteiger partial charge on any atom is 0.491 e. The lowest BCUT2D eigenvalue weighted by atomic mass is 9.79. The van der Waals surface area contributed by atoms with E-state index in [2.05, 4.69) is 0 Å². The smallest absolute Gasteiger partial charge is 0.457 e. The van der Waals surface area contributed by atoms with Crippen LogP contribution in [-0.2, 0) is 11.3 Å². The first-order valence-electron chi connectivity index (χ1n) is 5.98. The first-order valence-corrected chi connectivity index (χ1v) is 5.98. The third-order valence-corrected chi connectivity index (χ3v) is 3.04. The van der Waals surface area contributed by atoms with Crippen molar-refractivity contribution >= 4 is 18.3 Å². The van der Waals surface area contributed by atoms with Crippen molar-refractivity contribution in [2.75, 3.05) is 0 Å². The van der Waals surface area contributed by atoms with Crippen molar-refractivity contribution < 1.29 is 19.3 Å². The van der Waals surface area contributed by atoms with Gasteiger partial charge in [-0.25, -0.2) is 0 Å². The van der Waals surface area contributed by atoms with Gasteiger partial charge in [0.15, 0.2) is 0 Å². The molecule has 0 atom stereocenters. The minimum atomic E-state index is -0.946. The molecule has 1 heterocycles. The Morgan fingerprint density at radius 1 is 1.25 bits per heavy atom. The number of benzene rings is 2.